The molecule has 2 aromatic carbocycles. The summed E-state index contributed by atoms with van der Waals surface area (Å²) in [4.78, 5) is 28.0. The molecule has 0 bridgehead atoms. The van der Waals surface area contributed by atoms with Gasteiger partial charge in [0, 0.05) is 6.54 Å². The van der Waals surface area contributed by atoms with Crippen LogP contribution in [0, 0.1) is 0 Å². The van der Waals surface area contributed by atoms with Crippen LogP contribution in [-0.4, -0.2) is 29.2 Å². The molecule has 0 fully saturated rings. The summed E-state index contributed by atoms with van der Waals surface area (Å²) >= 11 is 0. The first-order chi connectivity index (χ1) is 13.4. The molecule has 3 aromatic rings. The minimum Gasteiger partial charge on any atom is -0.316 e. The molecule has 0 radical (unpaired) electrons. The highest BCUT2D eigenvalue weighted by molar-refractivity contribution is 7.89. The minimum atomic E-state index is -3.86. The van der Waals surface area contributed by atoms with Crippen LogP contribution >= 0.6 is 0 Å². The number of aryl methyl sites for hydroxylation is 1. The Morgan fingerprint density at radius 1 is 1.07 bits per heavy atom. The SMILES string of the molecule is C=CCN([C@@H]1CCc2ccccc21)S(=O)(=O)c1ccc2[nH]c(=O)c(=O)[nH]c2c1. The Morgan fingerprint density at radius 2 is 1.79 bits per heavy atom. The third-order valence-electron chi connectivity index (χ3n) is 5.06. The molecule has 7 nitrogen and oxygen atoms in total. The van der Waals surface area contributed by atoms with Crippen molar-refractivity contribution in [3.05, 3.63) is 87.0 Å². The van der Waals surface area contributed by atoms with Crippen LogP contribution < -0.4 is 11.1 Å². The Hall–Kier alpha value is -2.97. The van der Waals surface area contributed by atoms with Crippen LogP contribution in [0.1, 0.15) is 23.6 Å². The Labute approximate surface area is 161 Å². The molecule has 0 saturated heterocycles. The smallest absolute Gasteiger partial charge is 0.314 e. The molecule has 28 heavy (non-hydrogen) atoms. The summed E-state index contributed by atoms with van der Waals surface area (Å²) in [5.41, 5.74) is 1.18. The van der Waals surface area contributed by atoms with Gasteiger partial charge in [-0.1, -0.05) is 30.3 Å². The molecule has 1 atom stereocenters. The molecular weight excluding hydrogens is 378 g/mol. The van der Waals surface area contributed by atoms with E-state index in [4.69, 9.17) is 0 Å². The van der Waals surface area contributed by atoms with Gasteiger partial charge in [0.2, 0.25) is 10.0 Å². The van der Waals surface area contributed by atoms with Crippen LogP contribution in [0.15, 0.2) is 69.6 Å². The second-order valence-electron chi connectivity index (χ2n) is 6.73. The first-order valence-electron chi connectivity index (χ1n) is 8.89. The average molecular weight is 397 g/mol. The molecule has 2 N–H and O–H groups in total. The van der Waals surface area contributed by atoms with Gasteiger partial charge in [-0.3, -0.25) is 9.59 Å². The first kappa shape index (κ1) is 18.4. The highest BCUT2D eigenvalue weighted by Crippen LogP contribution is 2.38. The average Bonchev–Trinajstić information content (AvgIpc) is 3.10. The molecule has 144 valence electrons. The summed E-state index contributed by atoms with van der Waals surface area (Å²) in [6.45, 7) is 3.88. The maximum absolute atomic E-state index is 13.4. The van der Waals surface area contributed by atoms with Crippen molar-refractivity contribution in [2.24, 2.45) is 0 Å². The number of rotatable bonds is 5. The van der Waals surface area contributed by atoms with E-state index in [2.05, 4.69) is 16.5 Å². The number of nitrogens with one attached hydrogen (secondary N) is 2. The summed E-state index contributed by atoms with van der Waals surface area (Å²) in [7, 11) is -3.86. The summed E-state index contributed by atoms with van der Waals surface area (Å²) in [6.07, 6.45) is 3.08. The third kappa shape index (κ3) is 3.00. The molecular formula is C20H19N3O4S. The Bertz CT molecular complexity index is 1290. The van der Waals surface area contributed by atoms with Gasteiger partial charge in [0.15, 0.2) is 0 Å². The van der Waals surface area contributed by atoms with E-state index < -0.39 is 21.1 Å². The van der Waals surface area contributed by atoms with Crippen molar-refractivity contribution < 1.29 is 8.42 Å². The minimum absolute atomic E-state index is 0.0499. The lowest BCUT2D eigenvalue weighted by molar-refractivity contribution is 0.348. The molecule has 4 rings (SSSR count). The van der Waals surface area contributed by atoms with Crippen LogP contribution in [-0.2, 0) is 16.4 Å². The number of hydrogen-bond acceptors (Lipinski definition) is 4. The fourth-order valence-electron chi connectivity index (χ4n) is 3.74. The van der Waals surface area contributed by atoms with Crippen LogP contribution in [0.4, 0.5) is 0 Å². The van der Waals surface area contributed by atoms with E-state index in [-0.39, 0.29) is 23.0 Å². The summed E-state index contributed by atoms with van der Waals surface area (Å²) in [6, 6.07) is 11.9. The van der Waals surface area contributed by atoms with Gasteiger partial charge in [-0.2, -0.15) is 4.31 Å². The van der Waals surface area contributed by atoms with Gasteiger partial charge in [0.25, 0.3) is 0 Å². The van der Waals surface area contributed by atoms with E-state index in [9.17, 15) is 18.0 Å². The standard InChI is InChI=1S/C20H19N3O4S/c1-2-11-23(18-10-7-13-5-3-4-6-15(13)18)28(26,27)14-8-9-16-17(12-14)22-20(25)19(24)21-16/h2-6,8-9,12,18H,1,7,10-11H2,(H,21,24)(H,22,25)/t18-/m1/s1. The number of aromatic nitrogens is 2. The van der Waals surface area contributed by atoms with Crippen molar-refractivity contribution in [2.75, 3.05) is 6.54 Å². The second kappa shape index (κ2) is 6.88. The normalized spacial score (nSPS) is 16.4. The zero-order valence-corrected chi connectivity index (χ0v) is 15.8. The fraction of sp³-hybridized carbons (Fsp3) is 0.200. The maximum Gasteiger partial charge on any atom is 0.314 e. The van der Waals surface area contributed by atoms with E-state index in [0.717, 1.165) is 17.5 Å². The molecule has 0 aliphatic heterocycles. The molecule has 8 heteroatoms. The lowest BCUT2D eigenvalue weighted by atomic mass is 10.1. The van der Waals surface area contributed by atoms with Crippen molar-refractivity contribution in [1.29, 1.82) is 0 Å². The molecule has 1 aromatic heterocycles. The molecule has 0 unspecified atom stereocenters. The van der Waals surface area contributed by atoms with Crippen molar-refractivity contribution in [3.63, 3.8) is 0 Å². The fourth-order valence-corrected chi connectivity index (χ4v) is 5.38. The van der Waals surface area contributed by atoms with Gasteiger partial charge in [-0.05, 0) is 42.2 Å². The zero-order valence-electron chi connectivity index (χ0n) is 15.0. The summed E-state index contributed by atoms with van der Waals surface area (Å²) in [5, 5.41) is 0. The molecule has 1 aliphatic carbocycles. The zero-order chi connectivity index (χ0) is 19.9. The van der Waals surface area contributed by atoms with E-state index >= 15 is 0 Å². The van der Waals surface area contributed by atoms with Crippen LogP contribution in [0.25, 0.3) is 11.0 Å². The molecule has 1 aliphatic rings. The lowest BCUT2D eigenvalue weighted by Gasteiger charge is -2.28. The topological polar surface area (TPSA) is 103 Å². The molecule has 1 heterocycles. The first-order valence-corrected chi connectivity index (χ1v) is 10.3. The number of benzene rings is 2. The Balaban J connectivity index is 1.82. The van der Waals surface area contributed by atoms with Gasteiger partial charge in [-0.15, -0.1) is 6.58 Å². The number of hydrogen-bond donors (Lipinski definition) is 2. The van der Waals surface area contributed by atoms with Gasteiger partial charge in [0.05, 0.1) is 22.0 Å². The van der Waals surface area contributed by atoms with Gasteiger partial charge in [-0.25, -0.2) is 8.42 Å². The number of fused-ring (bicyclic) bond motifs is 2. The van der Waals surface area contributed by atoms with Crippen LogP contribution in [0.2, 0.25) is 0 Å². The number of aromatic amines is 2. The lowest BCUT2D eigenvalue weighted by Crippen LogP contribution is -2.34. The Morgan fingerprint density at radius 3 is 2.54 bits per heavy atom. The summed E-state index contributed by atoms with van der Waals surface area (Å²) < 4.78 is 28.3. The monoisotopic (exact) mass is 397 g/mol. The van der Waals surface area contributed by atoms with Crippen molar-refractivity contribution in [2.45, 2.75) is 23.8 Å². The van der Waals surface area contributed by atoms with E-state index in [1.54, 1.807) is 6.08 Å². The van der Waals surface area contributed by atoms with Crippen molar-refractivity contribution in [1.82, 2.24) is 14.3 Å². The van der Waals surface area contributed by atoms with E-state index in [1.165, 1.54) is 22.5 Å². The predicted molar refractivity (Wildman–Crippen MR) is 107 cm³/mol. The molecule has 0 spiro atoms. The molecule has 0 saturated carbocycles. The summed E-state index contributed by atoms with van der Waals surface area (Å²) in [5.74, 6) is 0. The number of H-pyrrole nitrogens is 2. The molecule has 0 amide bonds. The van der Waals surface area contributed by atoms with Gasteiger partial charge < -0.3 is 9.97 Å². The van der Waals surface area contributed by atoms with Crippen molar-refractivity contribution >= 4 is 21.1 Å². The van der Waals surface area contributed by atoms with Crippen LogP contribution in [0.3, 0.4) is 0 Å². The number of nitrogens with zero attached hydrogens (tertiary/aromatic N) is 1. The Kier molecular flexibility index (Phi) is 4.52. The number of sulfonamides is 1. The van der Waals surface area contributed by atoms with E-state index in [1.807, 2.05) is 24.3 Å². The highest BCUT2D eigenvalue weighted by atomic mass is 32.2. The highest BCUT2D eigenvalue weighted by Gasteiger charge is 2.35. The van der Waals surface area contributed by atoms with Crippen LogP contribution in [0.5, 0.6) is 0 Å². The third-order valence-corrected chi connectivity index (χ3v) is 6.93. The maximum atomic E-state index is 13.4. The van der Waals surface area contributed by atoms with E-state index in [0.29, 0.717) is 11.9 Å². The van der Waals surface area contributed by atoms with Gasteiger partial charge >= 0.3 is 11.1 Å². The second-order valence-corrected chi connectivity index (χ2v) is 8.62. The predicted octanol–water partition coefficient (Wildman–Crippen LogP) is 2.08. The largest absolute Gasteiger partial charge is 0.316 e. The quantitative estimate of drug-likeness (QED) is 0.508. The van der Waals surface area contributed by atoms with Crippen molar-refractivity contribution in [3.8, 4) is 0 Å². The van der Waals surface area contributed by atoms with Gasteiger partial charge in [0.1, 0.15) is 0 Å².